The Kier molecular flexibility index (Phi) is 7.03. The van der Waals surface area contributed by atoms with Crippen molar-refractivity contribution in [2.45, 2.75) is 27.3 Å². The second-order valence-electron chi connectivity index (χ2n) is 6.76. The Morgan fingerprint density at radius 2 is 1.74 bits per heavy atom. The van der Waals surface area contributed by atoms with Crippen LogP contribution in [0.25, 0.3) is 10.8 Å². The molecule has 2 aromatic carbocycles. The highest BCUT2D eigenvalue weighted by Gasteiger charge is 2.03. The average Bonchev–Trinajstić information content (AvgIpc) is 2.46. The number of fused-ring (bicyclic) bond motifs is 1. The Labute approximate surface area is 140 Å². The molecule has 2 aromatic rings. The molecule has 0 unspecified atom stereocenters. The van der Waals surface area contributed by atoms with Gasteiger partial charge in [0.25, 0.3) is 0 Å². The molecule has 0 aliphatic heterocycles. The van der Waals surface area contributed by atoms with Crippen LogP contribution in [-0.2, 0) is 6.54 Å². The molecule has 0 saturated heterocycles. The van der Waals surface area contributed by atoms with E-state index in [9.17, 15) is 0 Å². The highest BCUT2D eigenvalue weighted by molar-refractivity contribution is 5.85. The molecule has 23 heavy (non-hydrogen) atoms. The van der Waals surface area contributed by atoms with Gasteiger partial charge in [-0.2, -0.15) is 0 Å². The SMILES string of the molecule is CN(C/C=C/C#CC(C)(C)C)Cc1cccc2ccccc12.N. The first-order chi connectivity index (χ1) is 10.5. The number of likely N-dealkylation sites (N-methyl/N-ethyl adjacent to an activating group) is 1. The van der Waals surface area contributed by atoms with Gasteiger partial charge in [0.1, 0.15) is 0 Å². The number of rotatable bonds is 4. The fraction of sp³-hybridized carbons (Fsp3) is 0.333. The minimum atomic E-state index is 0. The van der Waals surface area contributed by atoms with E-state index in [0.29, 0.717) is 0 Å². The lowest BCUT2D eigenvalue weighted by Gasteiger charge is -2.15. The van der Waals surface area contributed by atoms with Gasteiger partial charge in [-0.1, -0.05) is 60.4 Å². The maximum absolute atomic E-state index is 3.21. The molecule has 0 heterocycles. The molecule has 3 N–H and O–H groups in total. The van der Waals surface area contributed by atoms with Crippen LogP contribution in [0.1, 0.15) is 26.3 Å². The zero-order valence-electron chi connectivity index (χ0n) is 14.8. The van der Waals surface area contributed by atoms with E-state index in [1.54, 1.807) is 0 Å². The predicted octanol–water partition coefficient (Wildman–Crippen LogP) is 5.04. The molecule has 0 saturated carbocycles. The summed E-state index contributed by atoms with van der Waals surface area (Å²) in [5.41, 5.74) is 1.44. The lowest BCUT2D eigenvalue weighted by Crippen LogP contribution is -2.17. The number of nitrogens with zero attached hydrogens (tertiary/aromatic N) is 1. The van der Waals surface area contributed by atoms with Gasteiger partial charge in [0.15, 0.2) is 0 Å². The summed E-state index contributed by atoms with van der Waals surface area (Å²) in [4.78, 5) is 2.30. The maximum atomic E-state index is 3.21. The standard InChI is InChI=1S/C21H25N.H3N/c1-21(2,3)15-8-5-9-16-22(4)17-19-13-10-12-18-11-6-7-14-20(18)19;/h5-7,9-14H,16-17H2,1-4H3;1H3/b9-5+;. The fourth-order valence-electron chi connectivity index (χ4n) is 2.34. The van der Waals surface area contributed by atoms with Crippen molar-refractivity contribution in [2.24, 2.45) is 5.41 Å². The molecular weight excluding hydrogens is 280 g/mol. The maximum Gasteiger partial charge on any atom is 0.0240 e. The monoisotopic (exact) mass is 308 g/mol. The first-order valence-corrected chi connectivity index (χ1v) is 7.78. The number of benzene rings is 2. The molecule has 0 aliphatic carbocycles. The third kappa shape index (κ3) is 6.28. The van der Waals surface area contributed by atoms with Gasteiger partial charge >= 0.3 is 0 Å². The van der Waals surface area contributed by atoms with Gasteiger partial charge in [-0.15, -0.1) is 0 Å². The van der Waals surface area contributed by atoms with Gasteiger partial charge in [0.05, 0.1) is 0 Å². The van der Waals surface area contributed by atoms with Gasteiger partial charge in [-0.05, 0) is 50.2 Å². The molecule has 0 radical (unpaired) electrons. The fourth-order valence-corrected chi connectivity index (χ4v) is 2.34. The zero-order valence-corrected chi connectivity index (χ0v) is 14.8. The topological polar surface area (TPSA) is 38.2 Å². The van der Waals surface area contributed by atoms with Crippen LogP contribution < -0.4 is 6.15 Å². The molecule has 0 bridgehead atoms. The summed E-state index contributed by atoms with van der Waals surface area (Å²) in [5.74, 6) is 6.33. The summed E-state index contributed by atoms with van der Waals surface area (Å²) < 4.78 is 0. The predicted molar refractivity (Wildman–Crippen MR) is 102 cm³/mol. The van der Waals surface area contributed by atoms with Gasteiger partial charge in [-0.3, -0.25) is 4.90 Å². The lowest BCUT2D eigenvalue weighted by atomic mass is 9.98. The summed E-state index contributed by atoms with van der Waals surface area (Å²) in [7, 11) is 2.14. The van der Waals surface area contributed by atoms with E-state index in [0.717, 1.165) is 13.1 Å². The minimum Gasteiger partial charge on any atom is -0.344 e. The Balaban J connectivity index is 0.00000264. The Bertz CT molecular complexity index is 706. The zero-order chi connectivity index (χ0) is 16.0. The summed E-state index contributed by atoms with van der Waals surface area (Å²) >= 11 is 0. The Morgan fingerprint density at radius 1 is 1.04 bits per heavy atom. The molecule has 0 aromatic heterocycles. The molecule has 0 atom stereocenters. The highest BCUT2D eigenvalue weighted by atomic mass is 15.1. The average molecular weight is 308 g/mol. The molecule has 2 rings (SSSR count). The van der Waals surface area contributed by atoms with E-state index in [1.807, 2.05) is 6.08 Å². The molecule has 2 heteroatoms. The van der Waals surface area contributed by atoms with Gasteiger partial charge < -0.3 is 6.15 Å². The van der Waals surface area contributed by atoms with Crippen LogP contribution in [0.5, 0.6) is 0 Å². The van der Waals surface area contributed by atoms with Crippen molar-refractivity contribution in [1.82, 2.24) is 11.1 Å². The van der Waals surface area contributed by atoms with E-state index in [2.05, 4.69) is 93.1 Å². The van der Waals surface area contributed by atoms with E-state index in [-0.39, 0.29) is 11.6 Å². The largest absolute Gasteiger partial charge is 0.344 e. The third-order valence-corrected chi connectivity index (χ3v) is 3.39. The van der Waals surface area contributed by atoms with Crippen LogP contribution in [0.2, 0.25) is 0 Å². The second-order valence-corrected chi connectivity index (χ2v) is 6.76. The molecule has 0 amide bonds. The minimum absolute atomic E-state index is 0. The van der Waals surface area contributed by atoms with E-state index < -0.39 is 0 Å². The van der Waals surface area contributed by atoms with Gasteiger partial charge in [0, 0.05) is 18.5 Å². The van der Waals surface area contributed by atoms with Crippen molar-refractivity contribution < 1.29 is 0 Å². The number of hydrogen-bond acceptors (Lipinski definition) is 2. The van der Waals surface area contributed by atoms with Crippen LogP contribution in [0.15, 0.2) is 54.6 Å². The molecule has 0 aliphatic rings. The van der Waals surface area contributed by atoms with E-state index >= 15 is 0 Å². The summed E-state index contributed by atoms with van der Waals surface area (Å²) in [5, 5.41) is 2.65. The summed E-state index contributed by atoms with van der Waals surface area (Å²) in [6.07, 6.45) is 4.09. The molecule has 122 valence electrons. The van der Waals surface area contributed by atoms with E-state index in [1.165, 1.54) is 16.3 Å². The van der Waals surface area contributed by atoms with Crippen molar-refractivity contribution in [3.8, 4) is 11.8 Å². The van der Waals surface area contributed by atoms with Crippen LogP contribution in [-0.4, -0.2) is 18.5 Å². The molecule has 2 nitrogen and oxygen atoms in total. The first-order valence-electron chi connectivity index (χ1n) is 7.78. The van der Waals surface area contributed by atoms with Crippen LogP contribution in [0.4, 0.5) is 0 Å². The third-order valence-electron chi connectivity index (χ3n) is 3.39. The smallest absolute Gasteiger partial charge is 0.0240 e. The van der Waals surface area contributed by atoms with Crippen LogP contribution in [0, 0.1) is 17.3 Å². The quantitative estimate of drug-likeness (QED) is 0.804. The second kappa shape index (κ2) is 8.53. The summed E-state index contributed by atoms with van der Waals surface area (Å²) in [6.45, 7) is 8.22. The van der Waals surface area contributed by atoms with Crippen LogP contribution >= 0.6 is 0 Å². The summed E-state index contributed by atoms with van der Waals surface area (Å²) in [6, 6.07) is 15.1. The number of hydrogen-bond donors (Lipinski definition) is 1. The molecular formula is C21H28N2. The van der Waals surface area contributed by atoms with Gasteiger partial charge in [-0.25, -0.2) is 0 Å². The Hall–Kier alpha value is -2.08. The number of allylic oxidation sites excluding steroid dienone is 1. The first kappa shape index (κ1) is 19.0. The highest BCUT2D eigenvalue weighted by Crippen LogP contribution is 2.19. The van der Waals surface area contributed by atoms with Crippen molar-refractivity contribution in [2.75, 3.05) is 13.6 Å². The van der Waals surface area contributed by atoms with Crippen molar-refractivity contribution >= 4 is 10.8 Å². The van der Waals surface area contributed by atoms with Crippen molar-refractivity contribution in [1.29, 1.82) is 0 Å². The van der Waals surface area contributed by atoms with Crippen LogP contribution in [0.3, 0.4) is 0 Å². The molecule has 0 spiro atoms. The Morgan fingerprint density at radius 3 is 2.48 bits per heavy atom. The normalized spacial score (nSPS) is 11.3. The van der Waals surface area contributed by atoms with Crippen molar-refractivity contribution in [3.63, 3.8) is 0 Å². The lowest BCUT2D eigenvalue weighted by molar-refractivity contribution is 0.365. The van der Waals surface area contributed by atoms with Gasteiger partial charge in [0.2, 0.25) is 0 Å². The molecule has 0 fully saturated rings. The van der Waals surface area contributed by atoms with Crippen molar-refractivity contribution in [3.05, 3.63) is 60.2 Å². The van der Waals surface area contributed by atoms with E-state index in [4.69, 9.17) is 0 Å².